The van der Waals surface area contributed by atoms with E-state index in [1.54, 1.807) is 7.11 Å². The Bertz CT molecular complexity index is 445. The standard InChI is InChI=1S/C16H21NO2/c1-19-16-14-10-6-5-9-13(14)15(18)17(16)11-12-7-3-2-4-8-12/h2-4,7-8,13-14,16H,5-6,9-11H2,1H3/t13-,14-,16+/m0/s1. The summed E-state index contributed by atoms with van der Waals surface area (Å²) in [6.45, 7) is 0.672. The second-order valence-electron chi connectivity index (χ2n) is 5.63. The summed E-state index contributed by atoms with van der Waals surface area (Å²) in [4.78, 5) is 14.5. The molecule has 1 saturated heterocycles. The molecule has 1 heterocycles. The van der Waals surface area contributed by atoms with Crippen molar-refractivity contribution < 1.29 is 9.53 Å². The third-order valence-electron chi connectivity index (χ3n) is 4.53. The molecule has 1 aromatic rings. The molecule has 0 spiro atoms. The first-order chi connectivity index (χ1) is 9.31. The maximum atomic E-state index is 12.6. The number of fused-ring (bicyclic) bond motifs is 1. The molecule has 2 aliphatic rings. The van der Waals surface area contributed by atoms with Gasteiger partial charge in [-0.25, -0.2) is 0 Å². The van der Waals surface area contributed by atoms with Gasteiger partial charge in [-0.2, -0.15) is 0 Å². The van der Waals surface area contributed by atoms with E-state index in [9.17, 15) is 4.79 Å². The van der Waals surface area contributed by atoms with Gasteiger partial charge in [-0.05, 0) is 18.4 Å². The van der Waals surface area contributed by atoms with E-state index >= 15 is 0 Å². The number of hydrogen-bond acceptors (Lipinski definition) is 2. The maximum absolute atomic E-state index is 12.6. The number of nitrogens with zero attached hydrogens (tertiary/aromatic N) is 1. The number of benzene rings is 1. The first kappa shape index (κ1) is 12.7. The molecule has 0 unspecified atom stereocenters. The molecule has 1 aliphatic heterocycles. The number of carbonyl (C=O) groups excluding carboxylic acids is 1. The molecule has 3 heteroatoms. The van der Waals surface area contributed by atoms with Gasteiger partial charge in [-0.3, -0.25) is 4.79 Å². The lowest BCUT2D eigenvalue weighted by molar-refractivity contribution is -0.138. The van der Waals surface area contributed by atoms with Gasteiger partial charge < -0.3 is 9.64 Å². The number of carbonyl (C=O) groups is 1. The molecule has 3 rings (SSSR count). The summed E-state index contributed by atoms with van der Waals surface area (Å²) in [7, 11) is 1.73. The Hall–Kier alpha value is -1.35. The predicted octanol–water partition coefficient (Wildman–Crippen LogP) is 2.81. The van der Waals surface area contributed by atoms with Crippen LogP contribution in [0.4, 0.5) is 0 Å². The SMILES string of the molecule is CO[C@@H]1[C@H]2CCCC[C@@H]2C(=O)N1Cc1ccccc1. The number of rotatable bonds is 3. The summed E-state index contributed by atoms with van der Waals surface area (Å²) in [5, 5.41) is 0. The highest BCUT2D eigenvalue weighted by Gasteiger charge is 2.48. The van der Waals surface area contributed by atoms with Crippen molar-refractivity contribution in [2.24, 2.45) is 11.8 Å². The predicted molar refractivity (Wildman–Crippen MR) is 73.2 cm³/mol. The van der Waals surface area contributed by atoms with Crippen molar-refractivity contribution in [1.82, 2.24) is 4.90 Å². The van der Waals surface area contributed by atoms with Gasteiger partial charge in [0.2, 0.25) is 5.91 Å². The van der Waals surface area contributed by atoms with E-state index in [1.807, 2.05) is 23.1 Å². The van der Waals surface area contributed by atoms with Gasteiger partial charge >= 0.3 is 0 Å². The van der Waals surface area contributed by atoms with Crippen molar-refractivity contribution in [1.29, 1.82) is 0 Å². The Morgan fingerprint density at radius 1 is 1.21 bits per heavy atom. The monoisotopic (exact) mass is 259 g/mol. The van der Waals surface area contributed by atoms with Crippen LogP contribution in [0.3, 0.4) is 0 Å². The van der Waals surface area contributed by atoms with Crippen LogP contribution < -0.4 is 0 Å². The van der Waals surface area contributed by atoms with E-state index in [2.05, 4.69) is 12.1 Å². The molecule has 0 N–H and O–H groups in total. The zero-order valence-electron chi connectivity index (χ0n) is 11.4. The molecule has 1 aromatic carbocycles. The zero-order chi connectivity index (χ0) is 13.2. The van der Waals surface area contributed by atoms with Gasteiger partial charge in [0.1, 0.15) is 6.23 Å². The highest BCUT2D eigenvalue weighted by molar-refractivity contribution is 5.82. The minimum atomic E-state index is -0.0296. The Kier molecular flexibility index (Phi) is 3.56. The van der Waals surface area contributed by atoms with Crippen LogP contribution in [-0.2, 0) is 16.1 Å². The van der Waals surface area contributed by atoms with Gasteiger partial charge in [0.15, 0.2) is 0 Å². The third-order valence-corrected chi connectivity index (χ3v) is 4.53. The van der Waals surface area contributed by atoms with Crippen molar-refractivity contribution in [2.75, 3.05) is 7.11 Å². The second kappa shape index (κ2) is 5.33. The Morgan fingerprint density at radius 3 is 2.68 bits per heavy atom. The minimum Gasteiger partial charge on any atom is -0.361 e. The number of amides is 1. The molecule has 0 radical (unpaired) electrons. The summed E-state index contributed by atoms with van der Waals surface area (Å²) < 4.78 is 5.64. The molecule has 1 saturated carbocycles. The molecule has 1 aliphatic carbocycles. The number of likely N-dealkylation sites (tertiary alicyclic amines) is 1. The fourth-order valence-electron chi connectivity index (χ4n) is 3.63. The lowest BCUT2D eigenvalue weighted by Gasteiger charge is -2.28. The van der Waals surface area contributed by atoms with Crippen molar-refractivity contribution >= 4 is 5.91 Å². The van der Waals surface area contributed by atoms with Gasteiger partial charge in [0.05, 0.1) is 0 Å². The summed E-state index contributed by atoms with van der Waals surface area (Å²) in [5.41, 5.74) is 1.18. The van der Waals surface area contributed by atoms with Crippen LogP contribution >= 0.6 is 0 Å². The molecule has 102 valence electrons. The highest BCUT2D eigenvalue weighted by atomic mass is 16.5. The maximum Gasteiger partial charge on any atom is 0.228 e. The van der Waals surface area contributed by atoms with Crippen molar-refractivity contribution in [3.05, 3.63) is 35.9 Å². The van der Waals surface area contributed by atoms with E-state index in [1.165, 1.54) is 18.4 Å². The molecular formula is C16H21NO2. The van der Waals surface area contributed by atoms with Gasteiger partial charge in [-0.15, -0.1) is 0 Å². The van der Waals surface area contributed by atoms with Crippen LogP contribution in [0.15, 0.2) is 30.3 Å². The molecule has 0 aromatic heterocycles. The van der Waals surface area contributed by atoms with Gasteiger partial charge in [0, 0.05) is 25.5 Å². The molecule has 2 fully saturated rings. The highest BCUT2D eigenvalue weighted by Crippen LogP contribution is 2.42. The van der Waals surface area contributed by atoms with Crippen LogP contribution in [0.2, 0.25) is 0 Å². The van der Waals surface area contributed by atoms with E-state index < -0.39 is 0 Å². The smallest absolute Gasteiger partial charge is 0.228 e. The normalized spacial score (nSPS) is 30.5. The largest absolute Gasteiger partial charge is 0.361 e. The fraction of sp³-hybridized carbons (Fsp3) is 0.562. The van der Waals surface area contributed by atoms with E-state index in [0.29, 0.717) is 18.4 Å². The molecule has 19 heavy (non-hydrogen) atoms. The lowest BCUT2D eigenvalue weighted by atomic mass is 9.81. The van der Waals surface area contributed by atoms with Crippen molar-refractivity contribution in [3.8, 4) is 0 Å². The first-order valence-corrected chi connectivity index (χ1v) is 7.18. The summed E-state index contributed by atoms with van der Waals surface area (Å²) in [6, 6.07) is 10.2. The Morgan fingerprint density at radius 2 is 1.95 bits per heavy atom. The molecule has 3 nitrogen and oxygen atoms in total. The van der Waals surface area contributed by atoms with Crippen LogP contribution in [0, 0.1) is 11.8 Å². The summed E-state index contributed by atoms with van der Waals surface area (Å²) in [5.74, 6) is 0.887. The van der Waals surface area contributed by atoms with Crippen LogP contribution in [0.25, 0.3) is 0 Å². The lowest BCUT2D eigenvalue weighted by Crippen LogP contribution is -2.36. The number of methoxy groups -OCH3 is 1. The Labute approximate surface area is 114 Å². The minimum absolute atomic E-state index is 0.0296. The quantitative estimate of drug-likeness (QED) is 0.835. The number of hydrogen-bond donors (Lipinski definition) is 0. The van der Waals surface area contributed by atoms with Gasteiger partial charge in [0.25, 0.3) is 0 Å². The van der Waals surface area contributed by atoms with E-state index in [-0.39, 0.29) is 12.1 Å². The van der Waals surface area contributed by atoms with Crippen LogP contribution in [-0.4, -0.2) is 24.1 Å². The van der Waals surface area contributed by atoms with Crippen molar-refractivity contribution in [3.63, 3.8) is 0 Å². The summed E-state index contributed by atoms with van der Waals surface area (Å²) in [6.07, 6.45) is 4.54. The second-order valence-corrected chi connectivity index (χ2v) is 5.63. The van der Waals surface area contributed by atoms with Crippen molar-refractivity contribution in [2.45, 2.75) is 38.5 Å². The average Bonchev–Trinajstić information content (AvgIpc) is 2.73. The zero-order valence-corrected chi connectivity index (χ0v) is 11.4. The molecule has 1 amide bonds. The fourth-order valence-corrected chi connectivity index (χ4v) is 3.63. The summed E-state index contributed by atoms with van der Waals surface area (Å²) >= 11 is 0. The topological polar surface area (TPSA) is 29.5 Å². The van der Waals surface area contributed by atoms with E-state index in [4.69, 9.17) is 4.74 Å². The Balaban J connectivity index is 1.81. The molecule has 3 atom stereocenters. The van der Waals surface area contributed by atoms with E-state index in [0.717, 1.165) is 12.8 Å². The van der Waals surface area contributed by atoms with Gasteiger partial charge in [-0.1, -0.05) is 43.2 Å². The third kappa shape index (κ3) is 2.27. The van der Waals surface area contributed by atoms with Crippen LogP contribution in [0.1, 0.15) is 31.2 Å². The van der Waals surface area contributed by atoms with Crippen LogP contribution in [0.5, 0.6) is 0 Å². The first-order valence-electron chi connectivity index (χ1n) is 7.18. The molecule has 0 bridgehead atoms. The number of ether oxygens (including phenoxy) is 1. The average molecular weight is 259 g/mol. The molecular weight excluding hydrogens is 238 g/mol.